The van der Waals surface area contributed by atoms with Gasteiger partial charge in [0, 0.05) is 22.8 Å². The van der Waals surface area contributed by atoms with Crippen molar-refractivity contribution in [1.82, 2.24) is 9.55 Å². The van der Waals surface area contributed by atoms with Crippen LogP contribution in [0.15, 0.2) is 35.8 Å². The molecule has 0 spiro atoms. The van der Waals surface area contributed by atoms with Crippen molar-refractivity contribution in [2.45, 2.75) is 19.9 Å². The van der Waals surface area contributed by atoms with Crippen LogP contribution >= 0.6 is 11.3 Å². The SMILES string of the molecule is Cc1csc(Cn2ccc3cc(CCN)ccc32)n1. The third-order valence-corrected chi connectivity index (χ3v) is 4.19. The molecule has 0 bridgehead atoms. The van der Waals surface area contributed by atoms with Crippen LogP contribution in [-0.2, 0) is 13.0 Å². The third-order valence-electron chi connectivity index (χ3n) is 3.24. The molecule has 0 fully saturated rings. The zero-order chi connectivity index (χ0) is 13.2. The molecule has 0 saturated carbocycles. The van der Waals surface area contributed by atoms with Gasteiger partial charge < -0.3 is 10.3 Å². The number of hydrogen-bond acceptors (Lipinski definition) is 3. The molecule has 19 heavy (non-hydrogen) atoms. The van der Waals surface area contributed by atoms with Crippen molar-refractivity contribution in [2.24, 2.45) is 5.73 Å². The predicted octanol–water partition coefficient (Wildman–Crippen LogP) is 2.96. The van der Waals surface area contributed by atoms with Crippen LogP contribution in [-0.4, -0.2) is 16.1 Å². The number of aryl methyl sites for hydroxylation is 1. The Bertz CT molecular complexity index is 696. The molecule has 0 amide bonds. The van der Waals surface area contributed by atoms with Gasteiger partial charge in [-0.1, -0.05) is 6.07 Å². The van der Waals surface area contributed by atoms with Crippen molar-refractivity contribution in [3.8, 4) is 0 Å². The maximum atomic E-state index is 5.60. The largest absolute Gasteiger partial charge is 0.341 e. The van der Waals surface area contributed by atoms with E-state index in [0.717, 1.165) is 23.7 Å². The van der Waals surface area contributed by atoms with Gasteiger partial charge in [-0.15, -0.1) is 11.3 Å². The first-order chi connectivity index (χ1) is 9.26. The number of hydrogen-bond donors (Lipinski definition) is 1. The van der Waals surface area contributed by atoms with Gasteiger partial charge >= 0.3 is 0 Å². The summed E-state index contributed by atoms with van der Waals surface area (Å²) < 4.78 is 2.25. The van der Waals surface area contributed by atoms with Gasteiger partial charge in [-0.3, -0.25) is 0 Å². The van der Waals surface area contributed by atoms with Crippen LogP contribution in [0.25, 0.3) is 10.9 Å². The molecule has 4 heteroatoms. The van der Waals surface area contributed by atoms with Crippen LogP contribution in [0.5, 0.6) is 0 Å². The van der Waals surface area contributed by atoms with Crippen LogP contribution in [0, 0.1) is 6.92 Å². The minimum absolute atomic E-state index is 0.699. The molecular weight excluding hydrogens is 254 g/mol. The maximum Gasteiger partial charge on any atom is 0.113 e. The first-order valence-electron chi connectivity index (χ1n) is 6.45. The molecular formula is C15H17N3S. The van der Waals surface area contributed by atoms with E-state index < -0.39 is 0 Å². The van der Waals surface area contributed by atoms with E-state index in [1.54, 1.807) is 11.3 Å². The molecule has 0 aliphatic carbocycles. The van der Waals surface area contributed by atoms with Crippen LogP contribution in [0.3, 0.4) is 0 Å². The molecule has 2 heterocycles. The zero-order valence-electron chi connectivity index (χ0n) is 11.0. The van der Waals surface area contributed by atoms with Crippen LogP contribution < -0.4 is 5.73 Å². The summed E-state index contributed by atoms with van der Waals surface area (Å²) in [6, 6.07) is 8.74. The second kappa shape index (κ2) is 5.15. The Balaban J connectivity index is 1.92. The first kappa shape index (κ1) is 12.4. The molecule has 3 nitrogen and oxygen atoms in total. The van der Waals surface area contributed by atoms with Crippen LogP contribution in [0.2, 0.25) is 0 Å². The fourth-order valence-corrected chi connectivity index (χ4v) is 3.10. The van der Waals surface area contributed by atoms with E-state index in [9.17, 15) is 0 Å². The number of nitrogens with two attached hydrogens (primary N) is 1. The van der Waals surface area contributed by atoms with Gasteiger partial charge in [0.1, 0.15) is 5.01 Å². The highest BCUT2D eigenvalue weighted by Gasteiger charge is 2.05. The van der Waals surface area contributed by atoms with Crippen molar-refractivity contribution < 1.29 is 0 Å². The molecule has 2 N–H and O–H groups in total. The Kier molecular flexibility index (Phi) is 3.36. The van der Waals surface area contributed by atoms with Crippen molar-refractivity contribution in [1.29, 1.82) is 0 Å². The molecule has 0 saturated heterocycles. The summed E-state index contributed by atoms with van der Waals surface area (Å²) in [6.07, 6.45) is 3.07. The minimum atomic E-state index is 0.699. The Morgan fingerprint density at radius 2 is 2.21 bits per heavy atom. The van der Waals surface area contributed by atoms with E-state index >= 15 is 0 Å². The molecule has 3 rings (SSSR count). The Labute approximate surface area is 116 Å². The third kappa shape index (κ3) is 2.55. The molecule has 3 aromatic rings. The maximum absolute atomic E-state index is 5.60. The standard InChI is InChI=1S/C15H17N3S/c1-11-10-19-15(17-11)9-18-7-5-13-8-12(4-6-16)2-3-14(13)18/h2-3,5,7-8,10H,4,6,9,16H2,1H3. The molecule has 2 aromatic heterocycles. The summed E-state index contributed by atoms with van der Waals surface area (Å²) in [5, 5.41) is 4.53. The fourth-order valence-electron chi connectivity index (χ4n) is 2.33. The van der Waals surface area contributed by atoms with Gasteiger partial charge in [-0.2, -0.15) is 0 Å². The summed E-state index contributed by atoms with van der Waals surface area (Å²) in [6.45, 7) is 3.58. The lowest BCUT2D eigenvalue weighted by Gasteiger charge is -2.04. The second-order valence-electron chi connectivity index (χ2n) is 4.76. The Morgan fingerprint density at radius 3 is 2.95 bits per heavy atom. The topological polar surface area (TPSA) is 43.8 Å². The number of rotatable bonds is 4. The van der Waals surface area contributed by atoms with Gasteiger partial charge in [0.15, 0.2) is 0 Å². The number of nitrogens with zero attached hydrogens (tertiary/aromatic N) is 2. The summed E-state index contributed by atoms with van der Waals surface area (Å²) in [4.78, 5) is 4.52. The number of fused-ring (bicyclic) bond motifs is 1. The monoisotopic (exact) mass is 271 g/mol. The molecule has 0 radical (unpaired) electrons. The quantitative estimate of drug-likeness (QED) is 0.793. The minimum Gasteiger partial charge on any atom is -0.341 e. The van der Waals surface area contributed by atoms with Crippen molar-refractivity contribution in [3.05, 3.63) is 52.1 Å². The lowest BCUT2D eigenvalue weighted by Crippen LogP contribution is -2.02. The van der Waals surface area contributed by atoms with Gasteiger partial charge in [-0.25, -0.2) is 4.98 Å². The van der Waals surface area contributed by atoms with Crippen molar-refractivity contribution in [2.75, 3.05) is 6.54 Å². The highest BCUT2D eigenvalue weighted by Crippen LogP contribution is 2.20. The molecule has 0 aliphatic rings. The number of aromatic nitrogens is 2. The molecule has 0 atom stereocenters. The van der Waals surface area contributed by atoms with Gasteiger partial charge in [0.2, 0.25) is 0 Å². The van der Waals surface area contributed by atoms with E-state index in [4.69, 9.17) is 5.73 Å². The van der Waals surface area contributed by atoms with E-state index in [-0.39, 0.29) is 0 Å². The average molecular weight is 271 g/mol. The van der Waals surface area contributed by atoms with Gasteiger partial charge in [0.25, 0.3) is 0 Å². The molecule has 1 aromatic carbocycles. The molecule has 0 unspecified atom stereocenters. The van der Waals surface area contributed by atoms with E-state index in [1.807, 2.05) is 6.92 Å². The van der Waals surface area contributed by atoms with Gasteiger partial charge in [0.05, 0.1) is 6.54 Å². The van der Waals surface area contributed by atoms with E-state index in [0.29, 0.717) is 6.54 Å². The lowest BCUT2D eigenvalue weighted by molar-refractivity contribution is 0.824. The predicted molar refractivity (Wildman–Crippen MR) is 80.6 cm³/mol. The Hall–Kier alpha value is -1.65. The summed E-state index contributed by atoms with van der Waals surface area (Å²) in [5.74, 6) is 0. The van der Waals surface area contributed by atoms with E-state index in [1.165, 1.54) is 16.5 Å². The first-order valence-corrected chi connectivity index (χ1v) is 7.33. The second-order valence-corrected chi connectivity index (χ2v) is 5.70. The normalized spacial score (nSPS) is 11.3. The Morgan fingerprint density at radius 1 is 1.32 bits per heavy atom. The van der Waals surface area contributed by atoms with Crippen molar-refractivity contribution >= 4 is 22.2 Å². The van der Waals surface area contributed by atoms with Crippen LogP contribution in [0.1, 0.15) is 16.3 Å². The summed E-state index contributed by atoms with van der Waals surface area (Å²) in [7, 11) is 0. The van der Waals surface area contributed by atoms with Crippen molar-refractivity contribution in [3.63, 3.8) is 0 Å². The molecule has 0 aliphatic heterocycles. The molecule has 98 valence electrons. The summed E-state index contributed by atoms with van der Waals surface area (Å²) in [5.41, 5.74) is 9.26. The lowest BCUT2D eigenvalue weighted by atomic mass is 10.1. The summed E-state index contributed by atoms with van der Waals surface area (Å²) >= 11 is 1.72. The average Bonchev–Trinajstić information content (AvgIpc) is 2.97. The number of benzene rings is 1. The number of thiazole rings is 1. The highest BCUT2D eigenvalue weighted by atomic mass is 32.1. The van der Waals surface area contributed by atoms with Gasteiger partial charge in [-0.05, 0) is 49.0 Å². The highest BCUT2D eigenvalue weighted by molar-refractivity contribution is 7.09. The smallest absolute Gasteiger partial charge is 0.113 e. The van der Waals surface area contributed by atoms with Crippen LogP contribution in [0.4, 0.5) is 0 Å². The zero-order valence-corrected chi connectivity index (χ0v) is 11.8. The fraction of sp³-hybridized carbons (Fsp3) is 0.267. The van der Waals surface area contributed by atoms with E-state index in [2.05, 4.69) is 45.4 Å².